The molecule has 0 bridgehead atoms. The monoisotopic (exact) mass is 354 g/mol. The Bertz CT molecular complexity index is 574. The van der Waals surface area contributed by atoms with Crippen molar-refractivity contribution in [3.63, 3.8) is 0 Å². The standard InChI is InChI=1S/C17H23ClN2O4/c1-3-12(2)20(11-16(22)23)15(21)5-4-10-19-17(24)13-6-8-14(18)9-7-13/h6-9,12H,3-5,10-11H2,1-2H3,(H,19,24)(H,22,23). The maximum Gasteiger partial charge on any atom is 0.323 e. The van der Waals surface area contributed by atoms with Gasteiger partial charge in [0.05, 0.1) is 0 Å². The molecule has 2 N–H and O–H groups in total. The Labute approximate surface area is 146 Å². The summed E-state index contributed by atoms with van der Waals surface area (Å²) in [6, 6.07) is 6.39. The maximum absolute atomic E-state index is 12.2. The second kappa shape index (κ2) is 9.93. The number of carboxylic acid groups (broad SMARTS) is 1. The minimum absolute atomic E-state index is 0.128. The number of carbonyl (C=O) groups is 3. The Hall–Kier alpha value is -2.08. The molecule has 0 spiro atoms. The maximum atomic E-state index is 12.2. The summed E-state index contributed by atoms with van der Waals surface area (Å²) in [7, 11) is 0. The lowest BCUT2D eigenvalue weighted by molar-refractivity contribution is -0.146. The van der Waals surface area contributed by atoms with Crippen molar-refractivity contribution in [3.05, 3.63) is 34.9 Å². The minimum atomic E-state index is -1.03. The lowest BCUT2D eigenvalue weighted by Crippen LogP contribution is -2.42. The Morgan fingerprint density at radius 3 is 2.42 bits per heavy atom. The fourth-order valence-electron chi connectivity index (χ4n) is 2.14. The van der Waals surface area contributed by atoms with Crippen LogP contribution in [0.15, 0.2) is 24.3 Å². The number of carboxylic acids is 1. The molecule has 0 aliphatic carbocycles. The molecule has 0 saturated heterocycles. The number of benzene rings is 1. The molecule has 1 rings (SSSR count). The van der Waals surface area contributed by atoms with Gasteiger partial charge in [0.25, 0.3) is 5.91 Å². The molecule has 0 aliphatic heterocycles. The predicted molar refractivity (Wildman–Crippen MR) is 92.1 cm³/mol. The van der Waals surface area contributed by atoms with Crippen molar-refractivity contribution in [3.8, 4) is 0 Å². The molecule has 1 aromatic carbocycles. The molecule has 0 aromatic heterocycles. The van der Waals surface area contributed by atoms with E-state index in [1.165, 1.54) is 4.90 Å². The number of rotatable bonds is 9. The van der Waals surface area contributed by atoms with Crippen molar-refractivity contribution in [1.82, 2.24) is 10.2 Å². The first kappa shape index (κ1) is 20.0. The average molecular weight is 355 g/mol. The van der Waals surface area contributed by atoms with E-state index in [1.807, 2.05) is 13.8 Å². The van der Waals surface area contributed by atoms with Crippen LogP contribution in [-0.4, -0.2) is 46.9 Å². The van der Waals surface area contributed by atoms with E-state index in [2.05, 4.69) is 5.32 Å². The predicted octanol–water partition coefficient (Wildman–Crippen LogP) is 2.56. The summed E-state index contributed by atoms with van der Waals surface area (Å²) < 4.78 is 0. The molecule has 0 heterocycles. The van der Waals surface area contributed by atoms with Gasteiger partial charge >= 0.3 is 5.97 Å². The van der Waals surface area contributed by atoms with Gasteiger partial charge < -0.3 is 15.3 Å². The first-order valence-corrected chi connectivity index (χ1v) is 8.28. The molecule has 24 heavy (non-hydrogen) atoms. The van der Waals surface area contributed by atoms with E-state index in [-0.39, 0.29) is 30.8 Å². The first-order chi connectivity index (χ1) is 11.3. The topological polar surface area (TPSA) is 86.7 Å². The van der Waals surface area contributed by atoms with Crippen LogP contribution < -0.4 is 5.32 Å². The largest absolute Gasteiger partial charge is 0.480 e. The van der Waals surface area contributed by atoms with Gasteiger partial charge in [-0.3, -0.25) is 14.4 Å². The summed E-state index contributed by atoms with van der Waals surface area (Å²) in [6.45, 7) is 3.77. The van der Waals surface area contributed by atoms with Gasteiger partial charge in [-0.2, -0.15) is 0 Å². The molecule has 0 saturated carbocycles. The van der Waals surface area contributed by atoms with Crippen LogP contribution in [0.5, 0.6) is 0 Å². The highest BCUT2D eigenvalue weighted by atomic mass is 35.5. The number of aliphatic carboxylic acids is 1. The molecule has 0 radical (unpaired) electrons. The fourth-order valence-corrected chi connectivity index (χ4v) is 2.27. The molecular formula is C17H23ClN2O4. The van der Waals surface area contributed by atoms with Crippen LogP contribution in [0, 0.1) is 0 Å². The normalized spacial score (nSPS) is 11.6. The highest BCUT2D eigenvalue weighted by molar-refractivity contribution is 6.30. The Kier molecular flexibility index (Phi) is 8.26. The highest BCUT2D eigenvalue weighted by Crippen LogP contribution is 2.10. The molecule has 2 amide bonds. The van der Waals surface area contributed by atoms with Crippen molar-refractivity contribution >= 4 is 29.4 Å². The van der Waals surface area contributed by atoms with Gasteiger partial charge in [-0.1, -0.05) is 18.5 Å². The van der Waals surface area contributed by atoms with Crippen molar-refractivity contribution < 1.29 is 19.5 Å². The second-order valence-electron chi connectivity index (χ2n) is 5.54. The van der Waals surface area contributed by atoms with Crippen LogP contribution in [0.2, 0.25) is 5.02 Å². The summed E-state index contributed by atoms with van der Waals surface area (Å²) in [4.78, 5) is 36.3. The van der Waals surface area contributed by atoms with Crippen molar-refractivity contribution in [2.45, 2.75) is 39.2 Å². The van der Waals surface area contributed by atoms with Crippen LogP contribution >= 0.6 is 11.6 Å². The van der Waals surface area contributed by atoms with Gasteiger partial charge in [0, 0.05) is 29.6 Å². The van der Waals surface area contributed by atoms with Gasteiger partial charge in [-0.05, 0) is 44.0 Å². The van der Waals surface area contributed by atoms with Crippen LogP contribution in [-0.2, 0) is 9.59 Å². The van der Waals surface area contributed by atoms with Crippen LogP contribution in [0.3, 0.4) is 0 Å². The van der Waals surface area contributed by atoms with E-state index >= 15 is 0 Å². The zero-order chi connectivity index (χ0) is 18.1. The smallest absolute Gasteiger partial charge is 0.323 e. The average Bonchev–Trinajstić information content (AvgIpc) is 2.55. The number of hydrogen-bond acceptors (Lipinski definition) is 3. The van der Waals surface area contributed by atoms with Crippen molar-refractivity contribution in [2.75, 3.05) is 13.1 Å². The van der Waals surface area contributed by atoms with Gasteiger partial charge in [0.2, 0.25) is 5.91 Å². The van der Waals surface area contributed by atoms with E-state index in [9.17, 15) is 14.4 Å². The fraction of sp³-hybridized carbons (Fsp3) is 0.471. The van der Waals surface area contributed by atoms with Gasteiger partial charge in [-0.25, -0.2) is 0 Å². The van der Waals surface area contributed by atoms with Crippen LogP contribution in [0.1, 0.15) is 43.5 Å². The van der Waals surface area contributed by atoms with Gasteiger partial charge in [0.15, 0.2) is 0 Å². The third-order valence-corrected chi connectivity index (χ3v) is 3.96. The summed E-state index contributed by atoms with van der Waals surface area (Å²) in [5, 5.41) is 12.2. The van der Waals surface area contributed by atoms with E-state index in [0.717, 1.165) is 0 Å². The van der Waals surface area contributed by atoms with Crippen LogP contribution in [0.25, 0.3) is 0 Å². The molecule has 0 aliphatic rings. The van der Waals surface area contributed by atoms with E-state index in [4.69, 9.17) is 16.7 Å². The lowest BCUT2D eigenvalue weighted by atomic mass is 10.1. The molecule has 1 unspecified atom stereocenters. The second-order valence-corrected chi connectivity index (χ2v) is 5.98. The molecule has 7 heteroatoms. The number of halogens is 1. The molecule has 132 valence electrons. The van der Waals surface area contributed by atoms with E-state index in [1.54, 1.807) is 24.3 Å². The van der Waals surface area contributed by atoms with E-state index in [0.29, 0.717) is 30.0 Å². The molecule has 1 atom stereocenters. The molecule has 0 fully saturated rings. The zero-order valence-corrected chi connectivity index (χ0v) is 14.7. The Balaban J connectivity index is 2.42. The van der Waals surface area contributed by atoms with Crippen LogP contribution in [0.4, 0.5) is 0 Å². The summed E-state index contributed by atoms with van der Waals surface area (Å²) >= 11 is 5.77. The first-order valence-electron chi connectivity index (χ1n) is 7.90. The Morgan fingerprint density at radius 1 is 1.25 bits per heavy atom. The van der Waals surface area contributed by atoms with E-state index < -0.39 is 5.97 Å². The quantitative estimate of drug-likeness (QED) is 0.667. The number of nitrogens with zero attached hydrogens (tertiary/aromatic N) is 1. The number of hydrogen-bond donors (Lipinski definition) is 2. The summed E-state index contributed by atoms with van der Waals surface area (Å²) in [6.07, 6.45) is 1.33. The van der Waals surface area contributed by atoms with Crippen molar-refractivity contribution in [1.29, 1.82) is 0 Å². The lowest BCUT2D eigenvalue weighted by Gasteiger charge is -2.27. The number of nitrogens with one attached hydrogen (secondary N) is 1. The summed E-state index contributed by atoms with van der Waals surface area (Å²) in [5.41, 5.74) is 0.498. The molecular weight excluding hydrogens is 332 g/mol. The van der Waals surface area contributed by atoms with Gasteiger partial charge in [-0.15, -0.1) is 0 Å². The third kappa shape index (κ3) is 6.58. The number of amides is 2. The minimum Gasteiger partial charge on any atom is -0.480 e. The zero-order valence-electron chi connectivity index (χ0n) is 13.9. The SMILES string of the molecule is CCC(C)N(CC(=O)O)C(=O)CCCNC(=O)c1ccc(Cl)cc1. The third-order valence-electron chi connectivity index (χ3n) is 3.71. The molecule has 6 nitrogen and oxygen atoms in total. The number of carbonyl (C=O) groups excluding carboxylic acids is 2. The highest BCUT2D eigenvalue weighted by Gasteiger charge is 2.21. The van der Waals surface area contributed by atoms with Gasteiger partial charge in [0.1, 0.15) is 6.54 Å². The van der Waals surface area contributed by atoms with Crippen molar-refractivity contribution in [2.24, 2.45) is 0 Å². The summed E-state index contributed by atoms with van der Waals surface area (Å²) in [5.74, 6) is -1.48. The Morgan fingerprint density at radius 2 is 1.88 bits per heavy atom. The molecule has 1 aromatic rings.